The SMILES string of the molecule is Cc1nc2cc(F)ccc2cc1C(=O)NO[C@H]1CCCCO1. The Balaban J connectivity index is 1.75. The van der Waals surface area contributed by atoms with Gasteiger partial charge in [-0.15, -0.1) is 0 Å². The second-order valence-corrected chi connectivity index (χ2v) is 5.30. The van der Waals surface area contributed by atoms with E-state index in [1.165, 1.54) is 12.1 Å². The normalized spacial score (nSPS) is 18.4. The Morgan fingerprint density at radius 3 is 3.05 bits per heavy atom. The van der Waals surface area contributed by atoms with Gasteiger partial charge in [0.1, 0.15) is 5.82 Å². The van der Waals surface area contributed by atoms with Gasteiger partial charge in [-0.1, -0.05) is 0 Å². The number of nitrogens with one attached hydrogen (secondary N) is 1. The summed E-state index contributed by atoms with van der Waals surface area (Å²) in [4.78, 5) is 21.8. The lowest BCUT2D eigenvalue weighted by atomic mass is 10.1. The molecule has 0 saturated carbocycles. The van der Waals surface area contributed by atoms with Gasteiger partial charge >= 0.3 is 0 Å². The van der Waals surface area contributed by atoms with Crippen LogP contribution in [0.3, 0.4) is 0 Å². The highest BCUT2D eigenvalue weighted by atomic mass is 19.1. The number of nitrogens with zero attached hydrogens (tertiary/aromatic N) is 1. The summed E-state index contributed by atoms with van der Waals surface area (Å²) in [6.45, 7) is 2.35. The summed E-state index contributed by atoms with van der Waals surface area (Å²) in [7, 11) is 0. The van der Waals surface area contributed by atoms with Crippen LogP contribution >= 0.6 is 0 Å². The van der Waals surface area contributed by atoms with Crippen molar-refractivity contribution in [2.75, 3.05) is 6.61 Å². The molecule has 1 amide bonds. The Hall–Kier alpha value is -2.05. The van der Waals surface area contributed by atoms with Crippen LogP contribution in [0.2, 0.25) is 0 Å². The first kappa shape index (κ1) is 14.9. The van der Waals surface area contributed by atoms with E-state index in [0.29, 0.717) is 28.8 Å². The van der Waals surface area contributed by atoms with Crippen molar-refractivity contribution >= 4 is 16.8 Å². The molecule has 1 N–H and O–H groups in total. The van der Waals surface area contributed by atoms with Gasteiger partial charge in [0.2, 0.25) is 0 Å². The minimum atomic E-state index is -0.402. The molecule has 1 aromatic carbocycles. The fourth-order valence-electron chi connectivity index (χ4n) is 2.44. The first-order valence-corrected chi connectivity index (χ1v) is 7.28. The average Bonchev–Trinajstić information content (AvgIpc) is 2.53. The number of pyridine rings is 1. The van der Waals surface area contributed by atoms with Crippen molar-refractivity contribution in [3.05, 3.63) is 41.3 Å². The third kappa shape index (κ3) is 3.23. The van der Waals surface area contributed by atoms with Gasteiger partial charge in [-0.3, -0.25) is 9.78 Å². The van der Waals surface area contributed by atoms with E-state index in [4.69, 9.17) is 9.57 Å². The van der Waals surface area contributed by atoms with E-state index in [1.807, 2.05) is 0 Å². The standard InChI is InChI=1S/C16H17FN2O3/c1-10-13(8-11-5-6-12(17)9-14(11)18-10)16(20)19-22-15-4-2-3-7-21-15/h5-6,8-9,15H,2-4,7H2,1H3,(H,19,20)/t15-/m0/s1. The molecule has 1 aliphatic rings. The maximum atomic E-state index is 13.2. The summed E-state index contributed by atoms with van der Waals surface area (Å²) in [5, 5.41) is 0.700. The van der Waals surface area contributed by atoms with E-state index in [1.54, 1.807) is 19.1 Å². The summed E-state index contributed by atoms with van der Waals surface area (Å²) >= 11 is 0. The number of hydrogen-bond acceptors (Lipinski definition) is 4. The number of hydrogen-bond donors (Lipinski definition) is 1. The zero-order chi connectivity index (χ0) is 15.5. The second-order valence-electron chi connectivity index (χ2n) is 5.30. The van der Waals surface area contributed by atoms with Gasteiger partial charge < -0.3 is 4.74 Å². The summed E-state index contributed by atoms with van der Waals surface area (Å²) in [5.41, 5.74) is 3.84. The number of benzene rings is 1. The van der Waals surface area contributed by atoms with Crippen molar-refractivity contribution in [2.24, 2.45) is 0 Å². The van der Waals surface area contributed by atoms with Crippen LogP contribution in [-0.4, -0.2) is 23.8 Å². The maximum absolute atomic E-state index is 13.2. The van der Waals surface area contributed by atoms with Crippen molar-refractivity contribution in [1.29, 1.82) is 0 Å². The number of carbonyl (C=O) groups excluding carboxylic acids is 1. The van der Waals surface area contributed by atoms with Crippen LogP contribution in [0.15, 0.2) is 24.3 Å². The Bertz CT molecular complexity index is 699. The zero-order valence-corrected chi connectivity index (χ0v) is 12.3. The molecule has 1 aromatic heterocycles. The smallest absolute Gasteiger partial charge is 0.276 e. The number of fused-ring (bicyclic) bond motifs is 1. The molecule has 0 bridgehead atoms. The lowest BCUT2D eigenvalue weighted by molar-refractivity contribution is -0.186. The fourth-order valence-corrected chi connectivity index (χ4v) is 2.44. The summed E-state index contributed by atoms with van der Waals surface area (Å²) < 4.78 is 18.6. The van der Waals surface area contributed by atoms with Gasteiger partial charge in [0.05, 0.1) is 16.8 Å². The number of hydroxylamine groups is 1. The van der Waals surface area contributed by atoms with E-state index < -0.39 is 6.29 Å². The van der Waals surface area contributed by atoms with Crippen LogP contribution in [0.1, 0.15) is 35.3 Å². The molecule has 116 valence electrons. The molecule has 2 heterocycles. The molecule has 0 aliphatic carbocycles. The Labute approximate surface area is 127 Å². The summed E-state index contributed by atoms with van der Waals surface area (Å²) in [6, 6.07) is 5.96. The van der Waals surface area contributed by atoms with Gasteiger partial charge in [0.15, 0.2) is 6.29 Å². The van der Waals surface area contributed by atoms with Crippen molar-refractivity contribution in [3.63, 3.8) is 0 Å². The van der Waals surface area contributed by atoms with E-state index in [-0.39, 0.29) is 11.7 Å². The highest BCUT2D eigenvalue weighted by molar-refractivity contribution is 5.98. The third-order valence-corrected chi connectivity index (χ3v) is 3.64. The highest BCUT2D eigenvalue weighted by Gasteiger charge is 2.18. The van der Waals surface area contributed by atoms with Crippen molar-refractivity contribution in [1.82, 2.24) is 10.5 Å². The molecule has 22 heavy (non-hydrogen) atoms. The Kier molecular flexibility index (Phi) is 4.31. The first-order chi connectivity index (χ1) is 10.6. The van der Waals surface area contributed by atoms with Crippen LogP contribution in [0, 0.1) is 12.7 Å². The third-order valence-electron chi connectivity index (χ3n) is 3.64. The zero-order valence-electron chi connectivity index (χ0n) is 12.3. The van der Waals surface area contributed by atoms with Crippen LogP contribution in [-0.2, 0) is 9.57 Å². The molecule has 6 heteroatoms. The topological polar surface area (TPSA) is 60.5 Å². The average molecular weight is 304 g/mol. The largest absolute Gasteiger partial charge is 0.350 e. The minimum Gasteiger partial charge on any atom is -0.350 e. The predicted molar refractivity (Wildman–Crippen MR) is 78.6 cm³/mol. The first-order valence-electron chi connectivity index (χ1n) is 7.28. The lowest BCUT2D eigenvalue weighted by Gasteiger charge is -2.22. The summed E-state index contributed by atoms with van der Waals surface area (Å²) in [6.07, 6.45) is 2.38. The van der Waals surface area contributed by atoms with Crippen LogP contribution < -0.4 is 5.48 Å². The predicted octanol–water partition coefficient (Wildman–Crippen LogP) is 2.87. The van der Waals surface area contributed by atoms with Crippen LogP contribution in [0.25, 0.3) is 10.9 Å². The molecule has 1 atom stereocenters. The Morgan fingerprint density at radius 2 is 2.27 bits per heavy atom. The van der Waals surface area contributed by atoms with E-state index in [2.05, 4.69) is 10.5 Å². The highest BCUT2D eigenvalue weighted by Crippen LogP contribution is 2.18. The number of aromatic nitrogens is 1. The van der Waals surface area contributed by atoms with Crippen LogP contribution in [0.5, 0.6) is 0 Å². The second kappa shape index (κ2) is 6.37. The number of aryl methyl sites for hydroxylation is 1. The number of ether oxygens (including phenoxy) is 1. The molecule has 3 rings (SSSR count). The molecule has 1 fully saturated rings. The van der Waals surface area contributed by atoms with Gasteiger partial charge in [-0.05, 0) is 38.0 Å². The maximum Gasteiger partial charge on any atom is 0.276 e. The lowest BCUT2D eigenvalue weighted by Crippen LogP contribution is -2.33. The Morgan fingerprint density at radius 1 is 1.41 bits per heavy atom. The summed E-state index contributed by atoms with van der Waals surface area (Å²) in [5.74, 6) is -0.736. The number of rotatable bonds is 3. The molecule has 0 radical (unpaired) electrons. The molecule has 0 unspecified atom stereocenters. The van der Waals surface area contributed by atoms with E-state index >= 15 is 0 Å². The van der Waals surface area contributed by atoms with Gasteiger partial charge in [0.25, 0.3) is 5.91 Å². The van der Waals surface area contributed by atoms with E-state index in [0.717, 1.165) is 19.3 Å². The van der Waals surface area contributed by atoms with E-state index in [9.17, 15) is 9.18 Å². The quantitative estimate of drug-likeness (QED) is 0.886. The molecule has 0 spiro atoms. The number of amides is 1. The fraction of sp³-hybridized carbons (Fsp3) is 0.375. The molecule has 1 aliphatic heterocycles. The van der Waals surface area contributed by atoms with Gasteiger partial charge in [-0.2, -0.15) is 0 Å². The minimum absolute atomic E-state index is 0.352. The number of carbonyl (C=O) groups is 1. The molecule has 5 nitrogen and oxygen atoms in total. The van der Waals surface area contributed by atoms with Crippen LogP contribution in [0.4, 0.5) is 4.39 Å². The van der Waals surface area contributed by atoms with Gasteiger partial charge in [0, 0.05) is 24.5 Å². The van der Waals surface area contributed by atoms with Crippen molar-refractivity contribution < 1.29 is 18.8 Å². The van der Waals surface area contributed by atoms with Gasteiger partial charge in [-0.25, -0.2) is 14.7 Å². The van der Waals surface area contributed by atoms with Crippen molar-refractivity contribution in [3.8, 4) is 0 Å². The monoisotopic (exact) mass is 304 g/mol. The molecular weight excluding hydrogens is 287 g/mol. The number of halogens is 1. The molecule has 2 aromatic rings. The molecule has 1 saturated heterocycles. The molecular formula is C16H17FN2O3. The van der Waals surface area contributed by atoms with Crippen molar-refractivity contribution in [2.45, 2.75) is 32.5 Å².